The zero-order chi connectivity index (χ0) is 15.7. The number of halogens is 1. The summed E-state index contributed by atoms with van der Waals surface area (Å²) in [4.78, 5) is 12.4. The molecule has 7 nitrogen and oxygen atoms in total. The maximum Gasteiger partial charge on any atom is 0.279 e. The summed E-state index contributed by atoms with van der Waals surface area (Å²) in [5, 5.41) is 11.6. The fourth-order valence-electron chi connectivity index (χ4n) is 2.36. The van der Waals surface area contributed by atoms with E-state index >= 15 is 0 Å². The molecule has 2 aromatic rings. The lowest BCUT2D eigenvalue weighted by Crippen LogP contribution is -2.18. The number of hydrogen-bond acceptors (Lipinski definition) is 4. The Bertz CT molecular complexity index is 693. The molecule has 0 bridgehead atoms. The molecular weight excluding hydrogens is 306 g/mol. The van der Waals surface area contributed by atoms with E-state index in [0.29, 0.717) is 24.8 Å². The highest BCUT2D eigenvalue weighted by molar-refractivity contribution is 6.35. The molecule has 0 spiro atoms. The van der Waals surface area contributed by atoms with Crippen molar-refractivity contribution in [3.8, 4) is 5.88 Å². The number of nitrogens with zero attached hydrogens (tertiary/aromatic N) is 4. The van der Waals surface area contributed by atoms with Crippen molar-refractivity contribution in [3.05, 3.63) is 23.0 Å². The van der Waals surface area contributed by atoms with E-state index < -0.39 is 0 Å². The number of fused-ring (bicyclic) bond motifs is 1. The molecule has 0 saturated heterocycles. The lowest BCUT2D eigenvalue weighted by atomic mass is 10.3. The van der Waals surface area contributed by atoms with E-state index in [1.165, 1.54) is 0 Å². The Morgan fingerprint density at radius 1 is 1.59 bits per heavy atom. The van der Waals surface area contributed by atoms with Gasteiger partial charge in [0.15, 0.2) is 5.69 Å². The summed E-state index contributed by atoms with van der Waals surface area (Å²) >= 11 is 6.22. The van der Waals surface area contributed by atoms with Crippen LogP contribution >= 0.6 is 11.6 Å². The van der Waals surface area contributed by atoms with Crippen molar-refractivity contribution in [1.82, 2.24) is 19.6 Å². The van der Waals surface area contributed by atoms with E-state index in [-0.39, 0.29) is 22.7 Å². The predicted molar refractivity (Wildman–Crippen MR) is 82.5 cm³/mol. The smallest absolute Gasteiger partial charge is 0.279 e. The van der Waals surface area contributed by atoms with Gasteiger partial charge in [0, 0.05) is 19.0 Å². The van der Waals surface area contributed by atoms with Gasteiger partial charge in [0.05, 0.1) is 18.8 Å². The Labute approximate surface area is 133 Å². The predicted octanol–water partition coefficient (Wildman–Crippen LogP) is 2.74. The Kier molecular flexibility index (Phi) is 4.06. The second kappa shape index (κ2) is 6.00. The minimum atomic E-state index is -0.361. The van der Waals surface area contributed by atoms with Crippen molar-refractivity contribution in [2.45, 2.75) is 39.3 Å². The third-order valence-electron chi connectivity index (χ3n) is 3.74. The number of carbonyl (C=O) groups excluding carboxylic acids is 1. The van der Waals surface area contributed by atoms with E-state index in [1.54, 1.807) is 21.6 Å². The molecule has 118 valence electrons. The number of amides is 1. The first-order valence-corrected chi connectivity index (χ1v) is 7.73. The maximum absolute atomic E-state index is 12.4. The first kappa shape index (κ1) is 14.9. The summed E-state index contributed by atoms with van der Waals surface area (Å²) in [5.41, 5.74) is 0.176. The van der Waals surface area contributed by atoms with Gasteiger partial charge in [-0.3, -0.25) is 4.79 Å². The molecule has 0 saturated carbocycles. The molecule has 0 aliphatic carbocycles. The molecule has 0 aromatic carbocycles. The lowest BCUT2D eigenvalue weighted by molar-refractivity contribution is 0.102. The van der Waals surface area contributed by atoms with Crippen molar-refractivity contribution in [3.63, 3.8) is 0 Å². The molecule has 1 amide bonds. The van der Waals surface area contributed by atoms with Gasteiger partial charge >= 0.3 is 0 Å². The summed E-state index contributed by atoms with van der Waals surface area (Å²) < 4.78 is 8.88. The van der Waals surface area contributed by atoms with Crippen LogP contribution in [0.5, 0.6) is 5.88 Å². The molecule has 1 aliphatic heterocycles. The van der Waals surface area contributed by atoms with Gasteiger partial charge in [0.1, 0.15) is 10.8 Å². The first-order valence-electron chi connectivity index (χ1n) is 7.35. The number of anilines is 1. The molecule has 0 fully saturated rings. The quantitative estimate of drug-likeness (QED) is 0.938. The Hall–Kier alpha value is -2.02. The molecule has 3 rings (SSSR count). The molecule has 2 aromatic heterocycles. The van der Waals surface area contributed by atoms with Gasteiger partial charge in [-0.05, 0) is 13.3 Å². The highest BCUT2D eigenvalue weighted by atomic mass is 35.5. The van der Waals surface area contributed by atoms with Crippen LogP contribution in [0, 0.1) is 0 Å². The van der Waals surface area contributed by atoms with Crippen molar-refractivity contribution in [2.24, 2.45) is 0 Å². The van der Waals surface area contributed by atoms with Gasteiger partial charge in [-0.1, -0.05) is 18.5 Å². The third kappa shape index (κ3) is 2.56. The van der Waals surface area contributed by atoms with Crippen molar-refractivity contribution >= 4 is 23.3 Å². The summed E-state index contributed by atoms with van der Waals surface area (Å²) in [7, 11) is 0. The maximum atomic E-state index is 12.4. The van der Waals surface area contributed by atoms with Crippen molar-refractivity contribution in [1.29, 1.82) is 0 Å². The molecule has 1 aliphatic rings. The number of aryl methyl sites for hydroxylation is 1. The SMILES string of the molecule is CCC(C)n1nccc1NC(=O)c1nn2c(c1Cl)OCCC2. The second-order valence-electron chi connectivity index (χ2n) is 5.27. The molecule has 1 unspecified atom stereocenters. The summed E-state index contributed by atoms with van der Waals surface area (Å²) in [6.45, 7) is 5.40. The monoisotopic (exact) mass is 323 g/mol. The number of nitrogens with one attached hydrogen (secondary N) is 1. The van der Waals surface area contributed by atoms with Crippen LogP contribution in [-0.4, -0.2) is 32.1 Å². The zero-order valence-electron chi connectivity index (χ0n) is 12.5. The topological polar surface area (TPSA) is 74.0 Å². The highest BCUT2D eigenvalue weighted by Crippen LogP contribution is 2.31. The molecule has 0 radical (unpaired) electrons. The summed E-state index contributed by atoms with van der Waals surface area (Å²) in [6.07, 6.45) is 3.43. The molecule has 22 heavy (non-hydrogen) atoms. The van der Waals surface area contributed by atoms with E-state index in [9.17, 15) is 4.79 Å². The Morgan fingerprint density at radius 3 is 3.14 bits per heavy atom. The normalized spacial score (nSPS) is 15.0. The van der Waals surface area contributed by atoms with Crippen molar-refractivity contribution < 1.29 is 9.53 Å². The second-order valence-corrected chi connectivity index (χ2v) is 5.64. The minimum Gasteiger partial charge on any atom is -0.477 e. The van der Waals surface area contributed by atoms with Crippen LogP contribution in [0.1, 0.15) is 43.2 Å². The van der Waals surface area contributed by atoms with Gasteiger partial charge < -0.3 is 10.1 Å². The number of ether oxygens (including phenoxy) is 1. The zero-order valence-corrected chi connectivity index (χ0v) is 13.3. The van der Waals surface area contributed by atoms with Gasteiger partial charge in [-0.25, -0.2) is 9.36 Å². The van der Waals surface area contributed by atoms with Crippen molar-refractivity contribution in [2.75, 3.05) is 11.9 Å². The van der Waals surface area contributed by atoms with Crippen LogP contribution in [-0.2, 0) is 6.54 Å². The highest BCUT2D eigenvalue weighted by Gasteiger charge is 2.25. The Balaban J connectivity index is 1.84. The number of aromatic nitrogens is 4. The molecule has 1 N–H and O–H groups in total. The van der Waals surface area contributed by atoms with Crippen LogP contribution < -0.4 is 10.1 Å². The molecule has 1 atom stereocenters. The van der Waals surface area contributed by atoms with Gasteiger partial charge in [-0.15, -0.1) is 0 Å². The minimum absolute atomic E-state index is 0.176. The average Bonchev–Trinajstić information content (AvgIpc) is 3.12. The van der Waals surface area contributed by atoms with Gasteiger partial charge in [-0.2, -0.15) is 10.2 Å². The lowest BCUT2D eigenvalue weighted by Gasteiger charge is -2.14. The van der Waals surface area contributed by atoms with Gasteiger partial charge in [0.2, 0.25) is 5.88 Å². The number of hydrogen-bond donors (Lipinski definition) is 1. The van der Waals surface area contributed by atoms with E-state index in [0.717, 1.165) is 12.8 Å². The molecular formula is C14H18ClN5O2. The first-order chi connectivity index (χ1) is 10.6. The van der Waals surface area contributed by atoms with E-state index in [2.05, 4.69) is 22.4 Å². The van der Waals surface area contributed by atoms with Crippen LogP contribution in [0.3, 0.4) is 0 Å². The summed E-state index contributed by atoms with van der Waals surface area (Å²) in [6, 6.07) is 1.95. The van der Waals surface area contributed by atoms with Crippen LogP contribution in [0.25, 0.3) is 0 Å². The summed E-state index contributed by atoms with van der Waals surface area (Å²) in [5.74, 6) is 0.733. The number of carbonyl (C=O) groups is 1. The third-order valence-corrected chi connectivity index (χ3v) is 4.08. The number of rotatable bonds is 4. The molecule has 3 heterocycles. The van der Waals surface area contributed by atoms with Gasteiger partial charge in [0.25, 0.3) is 5.91 Å². The fourth-order valence-corrected chi connectivity index (χ4v) is 2.63. The van der Waals surface area contributed by atoms with E-state index in [1.807, 2.05) is 6.92 Å². The Morgan fingerprint density at radius 2 is 2.41 bits per heavy atom. The largest absolute Gasteiger partial charge is 0.477 e. The standard InChI is InChI=1S/C14H18ClN5O2/c1-3-9(2)20-10(5-6-16-20)17-13(21)12-11(15)14-19(18-12)7-4-8-22-14/h5-6,9H,3-4,7-8H2,1-2H3,(H,17,21). The van der Waals surface area contributed by atoms with Crippen LogP contribution in [0.4, 0.5) is 5.82 Å². The van der Waals surface area contributed by atoms with Crippen LogP contribution in [0.15, 0.2) is 12.3 Å². The van der Waals surface area contributed by atoms with Crippen LogP contribution in [0.2, 0.25) is 5.02 Å². The molecule has 8 heteroatoms. The van der Waals surface area contributed by atoms with E-state index in [4.69, 9.17) is 16.3 Å². The average molecular weight is 324 g/mol. The fraction of sp³-hybridized carbons (Fsp3) is 0.500.